The van der Waals surface area contributed by atoms with Crippen LogP contribution in [-0.4, -0.2) is 28.7 Å². The predicted molar refractivity (Wildman–Crippen MR) is 125 cm³/mol. The SMILES string of the molecule is CC(=O)c1ccc(S(=O)(=O)c2ccc3c(c2)nc(C(C)(C)C)n3CC2CCCCC2)cn1. The fourth-order valence-corrected chi connectivity index (χ4v) is 5.77. The summed E-state index contributed by atoms with van der Waals surface area (Å²) in [5.74, 6) is 1.42. The van der Waals surface area contributed by atoms with Gasteiger partial charge in [0.25, 0.3) is 0 Å². The van der Waals surface area contributed by atoms with Crippen LogP contribution in [-0.2, 0) is 21.8 Å². The molecule has 2 aromatic heterocycles. The monoisotopic (exact) mass is 453 g/mol. The van der Waals surface area contributed by atoms with Gasteiger partial charge in [-0.05, 0) is 49.1 Å². The van der Waals surface area contributed by atoms with E-state index in [-0.39, 0.29) is 26.7 Å². The van der Waals surface area contributed by atoms with Gasteiger partial charge in [0.15, 0.2) is 5.78 Å². The second-order valence-corrected chi connectivity index (χ2v) is 11.8. The fourth-order valence-electron chi connectivity index (χ4n) is 4.55. The predicted octanol–water partition coefficient (Wildman–Crippen LogP) is 5.34. The summed E-state index contributed by atoms with van der Waals surface area (Å²) in [5, 5.41) is 0. The summed E-state index contributed by atoms with van der Waals surface area (Å²) in [4.78, 5) is 20.6. The number of sulfone groups is 1. The molecule has 0 amide bonds. The van der Waals surface area contributed by atoms with E-state index in [1.165, 1.54) is 57.4 Å². The van der Waals surface area contributed by atoms with Crippen LogP contribution in [0.3, 0.4) is 0 Å². The van der Waals surface area contributed by atoms with E-state index in [2.05, 4.69) is 30.3 Å². The highest BCUT2D eigenvalue weighted by molar-refractivity contribution is 7.91. The van der Waals surface area contributed by atoms with Crippen LogP contribution in [0, 0.1) is 5.92 Å². The Bertz CT molecular complexity index is 1250. The number of hydrogen-bond donors (Lipinski definition) is 0. The Morgan fingerprint density at radius 2 is 1.75 bits per heavy atom. The van der Waals surface area contributed by atoms with Crippen molar-refractivity contribution in [3.63, 3.8) is 0 Å². The number of pyridine rings is 1. The Hall–Kier alpha value is -2.54. The van der Waals surface area contributed by atoms with Crippen molar-refractivity contribution in [2.45, 2.75) is 81.5 Å². The van der Waals surface area contributed by atoms with Gasteiger partial charge in [-0.2, -0.15) is 0 Å². The highest BCUT2D eigenvalue weighted by Gasteiger charge is 2.27. The minimum absolute atomic E-state index is 0.0690. The van der Waals surface area contributed by atoms with Crippen LogP contribution in [0.4, 0.5) is 0 Å². The third kappa shape index (κ3) is 4.35. The molecule has 0 aliphatic heterocycles. The maximum Gasteiger partial charge on any atom is 0.208 e. The average molecular weight is 454 g/mol. The Balaban J connectivity index is 1.76. The first-order chi connectivity index (χ1) is 15.1. The van der Waals surface area contributed by atoms with Gasteiger partial charge in [-0.3, -0.25) is 9.78 Å². The molecule has 1 aliphatic carbocycles. The third-order valence-electron chi connectivity index (χ3n) is 6.27. The molecule has 6 nitrogen and oxygen atoms in total. The average Bonchev–Trinajstić information content (AvgIpc) is 3.13. The number of hydrogen-bond acceptors (Lipinski definition) is 5. The molecule has 0 spiro atoms. The summed E-state index contributed by atoms with van der Waals surface area (Å²) in [6.45, 7) is 8.76. The van der Waals surface area contributed by atoms with Crippen LogP contribution in [0.25, 0.3) is 11.0 Å². The summed E-state index contributed by atoms with van der Waals surface area (Å²) < 4.78 is 28.7. The Labute approximate surface area is 190 Å². The van der Waals surface area contributed by atoms with Crippen LogP contribution >= 0.6 is 0 Å². The van der Waals surface area contributed by atoms with Crippen LogP contribution in [0.5, 0.6) is 0 Å². The van der Waals surface area contributed by atoms with Crippen molar-refractivity contribution in [1.29, 1.82) is 0 Å². The van der Waals surface area contributed by atoms with E-state index in [0.717, 1.165) is 17.9 Å². The summed E-state index contributed by atoms with van der Waals surface area (Å²) >= 11 is 0. The van der Waals surface area contributed by atoms with Gasteiger partial charge >= 0.3 is 0 Å². The molecule has 4 rings (SSSR count). The molecule has 0 saturated heterocycles. The van der Waals surface area contributed by atoms with Crippen molar-refractivity contribution in [2.24, 2.45) is 5.92 Å². The Kier molecular flexibility index (Phi) is 5.96. The molecule has 2 heterocycles. The van der Waals surface area contributed by atoms with Gasteiger partial charge in [-0.1, -0.05) is 40.0 Å². The molecular weight excluding hydrogens is 422 g/mol. The minimum atomic E-state index is -3.76. The van der Waals surface area contributed by atoms with E-state index in [9.17, 15) is 13.2 Å². The van der Waals surface area contributed by atoms with Gasteiger partial charge in [0.2, 0.25) is 9.84 Å². The normalized spacial score (nSPS) is 15.9. The van der Waals surface area contributed by atoms with E-state index in [1.807, 2.05) is 6.07 Å². The third-order valence-corrected chi connectivity index (χ3v) is 8.01. The maximum atomic E-state index is 13.2. The van der Waals surface area contributed by atoms with Crippen LogP contribution in [0.1, 0.15) is 76.1 Å². The van der Waals surface area contributed by atoms with E-state index >= 15 is 0 Å². The molecule has 7 heteroatoms. The molecule has 0 bridgehead atoms. The number of fused-ring (bicyclic) bond motifs is 1. The second-order valence-electron chi connectivity index (χ2n) is 9.89. The Morgan fingerprint density at radius 1 is 1.06 bits per heavy atom. The van der Waals surface area contributed by atoms with E-state index in [0.29, 0.717) is 11.4 Å². The standard InChI is InChI=1S/C25H31N3O3S/c1-17(29)21-12-10-20(15-26-21)32(30,31)19-11-13-23-22(14-19)27-24(25(2,3)4)28(23)16-18-8-6-5-7-9-18/h10-15,18H,5-9,16H2,1-4H3. The summed E-state index contributed by atoms with van der Waals surface area (Å²) in [6.07, 6.45) is 7.59. The molecule has 32 heavy (non-hydrogen) atoms. The minimum Gasteiger partial charge on any atom is -0.327 e. The van der Waals surface area contributed by atoms with E-state index in [1.54, 1.807) is 12.1 Å². The fraction of sp³-hybridized carbons (Fsp3) is 0.480. The number of rotatable bonds is 5. The summed E-state index contributed by atoms with van der Waals surface area (Å²) in [5.41, 5.74) is 1.76. The van der Waals surface area contributed by atoms with Gasteiger partial charge in [0, 0.05) is 25.1 Å². The van der Waals surface area contributed by atoms with Crippen LogP contribution in [0.15, 0.2) is 46.3 Å². The first kappa shape index (κ1) is 22.6. The van der Waals surface area contributed by atoms with Crippen molar-refractivity contribution < 1.29 is 13.2 Å². The second kappa shape index (κ2) is 8.43. The van der Waals surface area contributed by atoms with Gasteiger partial charge in [-0.15, -0.1) is 0 Å². The van der Waals surface area contributed by atoms with Crippen molar-refractivity contribution in [1.82, 2.24) is 14.5 Å². The first-order valence-corrected chi connectivity index (χ1v) is 12.8. The van der Waals surface area contributed by atoms with Crippen molar-refractivity contribution >= 4 is 26.7 Å². The van der Waals surface area contributed by atoms with Crippen molar-refractivity contribution in [2.75, 3.05) is 0 Å². The number of carbonyl (C=O) groups is 1. The van der Waals surface area contributed by atoms with Gasteiger partial charge in [-0.25, -0.2) is 13.4 Å². The number of ketones is 1. The lowest BCUT2D eigenvalue weighted by Gasteiger charge is -2.26. The van der Waals surface area contributed by atoms with Crippen LogP contribution in [0.2, 0.25) is 0 Å². The van der Waals surface area contributed by atoms with E-state index < -0.39 is 9.84 Å². The lowest BCUT2D eigenvalue weighted by molar-refractivity contribution is 0.101. The number of carbonyl (C=O) groups excluding carboxylic acids is 1. The molecule has 1 saturated carbocycles. The van der Waals surface area contributed by atoms with Crippen molar-refractivity contribution in [3.05, 3.63) is 48.0 Å². The smallest absolute Gasteiger partial charge is 0.208 e. The van der Waals surface area contributed by atoms with Gasteiger partial charge < -0.3 is 4.57 Å². The molecule has 1 fully saturated rings. The highest BCUT2D eigenvalue weighted by atomic mass is 32.2. The molecule has 0 N–H and O–H groups in total. The largest absolute Gasteiger partial charge is 0.327 e. The zero-order valence-corrected chi connectivity index (χ0v) is 20.1. The molecular formula is C25H31N3O3S. The molecule has 0 radical (unpaired) electrons. The molecule has 0 atom stereocenters. The summed E-state index contributed by atoms with van der Waals surface area (Å²) in [7, 11) is -3.76. The molecule has 1 aliphatic rings. The van der Waals surface area contributed by atoms with Crippen LogP contribution < -0.4 is 0 Å². The quantitative estimate of drug-likeness (QED) is 0.487. The number of aromatic nitrogens is 3. The zero-order valence-electron chi connectivity index (χ0n) is 19.3. The summed E-state index contributed by atoms with van der Waals surface area (Å²) in [6, 6.07) is 8.08. The molecule has 0 unspecified atom stereocenters. The van der Waals surface area contributed by atoms with E-state index in [4.69, 9.17) is 4.98 Å². The number of imidazole rings is 1. The maximum absolute atomic E-state index is 13.2. The van der Waals surface area contributed by atoms with Gasteiger partial charge in [0.1, 0.15) is 11.5 Å². The first-order valence-electron chi connectivity index (χ1n) is 11.3. The number of nitrogens with zero attached hydrogens (tertiary/aromatic N) is 3. The highest BCUT2D eigenvalue weighted by Crippen LogP contribution is 2.33. The lowest BCUT2D eigenvalue weighted by Crippen LogP contribution is -2.22. The lowest BCUT2D eigenvalue weighted by atomic mass is 9.88. The van der Waals surface area contributed by atoms with Gasteiger partial charge in [0.05, 0.1) is 20.8 Å². The molecule has 3 aromatic rings. The zero-order chi connectivity index (χ0) is 23.1. The number of Topliss-reactive ketones (excluding diaryl/α,β-unsaturated/α-hetero) is 1. The number of benzene rings is 1. The van der Waals surface area contributed by atoms with Crippen molar-refractivity contribution in [3.8, 4) is 0 Å². The Morgan fingerprint density at radius 3 is 2.34 bits per heavy atom. The topological polar surface area (TPSA) is 81.9 Å². The molecule has 1 aromatic carbocycles. The molecule has 170 valence electrons.